The highest BCUT2D eigenvalue weighted by Gasteiger charge is 2.51. The summed E-state index contributed by atoms with van der Waals surface area (Å²) in [5.74, 6) is -1.17. The molecule has 6 atom stereocenters. The second kappa shape index (κ2) is 44.0. The number of phosphoric acid groups is 1. The summed E-state index contributed by atoms with van der Waals surface area (Å²) in [6, 6.07) is 0. The number of aliphatic hydroxyl groups excluding tert-OH is 5. The molecule has 13 nitrogen and oxygen atoms in total. The number of carbonyl (C=O) groups excluding carboxylic acids is 2. The van der Waals surface area contributed by atoms with E-state index in [1.807, 2.05) is 12.2 Å². The quantitative estimate of drug-likeness (QED) is 0.0145. The first-order valence-electron chi connectivity index (χ1n) is 26.7. The van der Waals surface area contributed by atoms with Crippen molar-refractivity contribution < 1.29 is 63.1 Å². The molecule has 1 rings (SSSR count). The topological polar surface area (TPSA) is 210 Å². The van der Waals surface area contributed by atoms with E-state index in [9.17, 15) is 44.6 Å². The lowest BCUT2D eigenvalue weighted by Gasteiger charge is -2.41. The van der Waals surface area contributed by atoms with Gasteiger partial charge in [-0.05, 0) is 77.0 Å². The molecule has 0 aromatic carbocycles. The zero-order chi connectivity index (χ0) is 50.6. The zero-order valence-electron chi connectivity index (χ0n) is 42.6. The third-order valence-electron chi connectivity index (χ3n) is 12.0. The molecule has 1 fully saturated rings. The maximum absolute atomic E-state index is 12.9. The highest BCUT2D eigenvalue weighted by molar-refractivity contribution is 7.47. The van der Waals surface area contributed by atoms with E-state index in [1.54, 1.807) is 0 Å². The number of hydrogen-bond acceptors (Lipinski definition) is 12. The fourth-order valence-corrected chi connectivity index (χ4v) is 8.76. The van der Waals surface area contributed by atoms with Gasteiger partial charge in [-0.1, -0.05) is 189 Å². The molecule has 6 unspecified atom stereocenters. The minimum atomic E-state index is -5.14. The Morgan fingerprint density at radius 2 is 0.841 bits per heavy atom. The SMILES string of the molecule is CC/C=C\C/C=C\C/C=C\C/C=C\C/C=C\CCCC(=O)OC(COC(=O)CCCCCCCCCCCCC/C=C\CCCCCCCCCC)COP(=O)(O)OC1C(O)C(O)C(O)C(O)C1O. The highest BCUT2D eigenvalue weighted by atomic mass is 31.2. The third-order valence-corrected chi connectivity index (χ3v) is 13.0. The number of ether oxygens (including phenoxy) is 2. The first-order chi connectivity index (χ1) is 33.4. The second-order valence-corrected chi connectivity index (χ2v) is 19.8. The lowest BCUT2D eigenvalue weighted by molar-refractivity contribution is -0.220. The molecule has 1 aliphatic carbocycles. The van der Waals surface area contributed by atoms with Crippen molar-refractivity contribution in [1.82, 2.24) is 0 Å². The fourth-order valence-electron chi connectivity index (χ4n) is 7.79. The Morgan fingerprint density at radius 1 is 0.464 bits per heavy atom. The minimum Gasteiger partial charge on any atom is -0.462 e. The summed E-state index contributed by atoms with van der Waals surface area (Å²) >= 11 is 0. The first kappa shape index (κ1) is 64.3. The second-order valence-electron chi connectivity index (χ2n) is 18.3. The monoisotopic (exact) mass is 995 g/mol. The number of hydrogen-bond donors (Lipinski definition) is 6. The normalized spacial score (nSPS) is 21.4. The maximum atomic E-state index is 12.9. The summed E-state index contributed by atoms with van der Waals surface area (Å²) in [4.78, 5) is 35.8. The van der Waals surface area contributed by atoms with Crippen molar-refractivity contribution in [3.05, 3.63) is 72.9 Å². The Hall–Kier alpha value is -2.71. The van der Waals surface area contributed by atoms with E-state index in [2.05, 4.69) is 74.6 Å². The van der Waals surface area contributed by atoms with Gasteiger partial charge in [-0.2, -0.15) is 0 Å². The summed E-state index contributed by atoms with van der Waals surface area (Å²) in [5, 5.41) is 50.3. The van der Waals surface area contributed by atoms with Gasteiger partial charge in [0.25, 0.3) is 0 Å². The largest absolute Gasteiger partial charge is 0.472 e. The van der Waals surface area contributed by atoms with Crippen LogP contribution < -0.4 is 0 Å². The Labute approximate surface area is 416 Å². The molecule has 0 aromatic rings. The molecular formula is C55H95O13P. The molecule has 1 saturated carbocycles. The van der Waals surface area contributed by atoms with Crippen LogP contribution in [0.25, 0.3) is 0 Å². The first-order valence-corrected chi connectivity index (χ1v) is 28.2. The molecule has 0 aromatic heterocycles. The van der Waals surface area contributed by atoms with E-state index in [0.717, 1.165) is 51.4 Å². The third kappa shape index (κ3) is 36.0. The van der Waals surface area contributed by atoms with Gasteiger partial charge in [0, 0.05) is 12.8 Å². The van der Waals surface area contributed by atoms with Gasteiger partial charge in [0.2, 0.25) is 0 Å². The van der Waals surface area contributed by atoms with Crippen LogP contribution in [0.5, 0.6) is 0 Å². The molecule has 0 amide bonds. The number of rotatable bonds is 44. The summed E-state index contributed by atoms with van der Waals surface area (Å²) in [6.07, 6.45) is 43.9. The Kier molecular flexibility index (Phi) is 41.0. The van der Waals surface area contributed by atoms with Gasteiger partial charge >= 0.3 is 19.8 Å². The van der Waals surface area contributed by atoms with Gasteiger partial charge in [-0.15, -0.1) is 0 Å². The van der Waals surface area contributed by atoms with E-state index >= 15 is 0 Å². The Bertz CT molecular complexity index is 1480. The van der Waals surface area contributed by atoms with Crippen LogP contribution in [0.4, 0.5) is 0 Å². The number of esters is 2. The van der Waals surface area contributed by atoms with Crippen LogP contribution >= 0.6 is 7.82 Å². The predicted octanol–water partition coefficient (Wildman–Crippen LogP) is 11.8. The number of phosphoric ester groups is 1. The molecule has 14 heteroatoms. The lowest BCUT2D eigenvalue weighted by Crippen LogP contribution is -2.64. The Balaban J connectivity index is 2.39. The molecule has 398 valence electrons. The number of allylic oxidation sites excluding steroid dienone is 12. The van der Waals surface area contributed by atoms with Crippen molar-refractivity contribution in [2.75, 3.05) is 13.2 Å². The van der Waals surface area contributed by atoms with E-state index in [4.69, 9.17) is 18.5 Å². The smallest absolute Gasteiger partial charge is 0.462 e. The molecule has 0 aliphatic heterocycles. The maximum Gasteiger partial charge on any atom is 0.472 e. The Morgan fingerprint density at radius 3 is 1.32 bits per heavy atom. The van der Waals surface area contributed by atoms with Crippen LogP contribution in [-0.4, -0.2) is 98.3 Å². The summed E-state index contributed by atoms with van der Waals surface area (Å²) < 4.78 is 33.6. The molecule has 0 radical (unpaired) electrons. The van der Waals surface area contributed by atoms with Crippen molar-refractivity contribution in [3.8, 4) is 0 Å². The molecule has 0 heterocycles. The van der Waals surface area contributed by atoms with E-state index < -0.39 is 75.7 Å². The summed E-state index contributed by atoms with van der Waals surface area (Å²) in [6.45, 7) is 3.16. The van der Waals surface area contributed by atoms with Crippen molar-refractivity contribution in [1.29, 1.82) is 0 Å². The van der Waals surface area contributed by atoms with Crippen molar-refractivity contribution in [2.45, 2.75) is 249 Å². The van der Waals surface area contributed by atoms with Gasteiger partial charge in [0.05, 0.1) is 6.61 Å². The minimum absolute atomic E-state index is 0.0158. The van der Waals surface area contributed by atoms with Crippen molar-refractivity contribution >= 4 is 19.8 Å². The lowest BCUT2D eigenvalue weighted by atomic mass is 9.85. The number of unbranched alkanes of at least 4 members (excludes halogenated alkanes) is 20. The zero-order valence-corrected chi connectivity index (χ0v) is 43.5. The van der Waals surface area contributed by atoms with E-state index in [0.29, 0.717) is 19.3 Å². The number of aliphatic hydroxyl groups is 5. The average molecular weight is 995 g/mol. The van der Waals surface area contributed by atoms with E-state index in [1.165, 1.54) is 109 Å². The standard InChI is InChI=1S/C55H95O13P/c1-3-5-7-9-11-13-15-17-19-21-22-23-24-25-26-28-29-31-33-35-37-39-41-43-48(56)65-45-47(46-66-69(63,64)68-55-53(61)51(59)50(58)52(60)54(55)62)67-49(57)44-42-40-38-36-34-32-30-27-20-18-16-14-12-10-8-6-4-2/h6,8,12,14,18,20-22,30,32,36,38,47,50-55,58-62H,3-5,7,9-11,13,15-17,19,23-29,31,33-35,37,39-46H2,1-2H3,(H,63,64)/b8-6-,14-12-,20-18-,22-21-,32-30-,38-36-. The average Bonchev–Trinajstić information content (AvgIpc) is 3.33. The van der Waals surface area contributed by atoms with Gasteiger partial charge in [0.1, 0.15) is 43.2 Å². The fraction of sp³-hybridized carbons (Fsp3) is 0.745. The predicted molar refractivity (Wildman–Crippen MR) is 276 cm³/mol. The van der Waals surface area contributed by atoms with Gasteiger partial charge < -0.3 is 39.9 Å². The number of carbonyl (C=O) groups is 2. The van der Waals surface area contributed by atoms with Crippen LogP contribution in [0.2, 0.25) is 0 Å². The van der Waals surface area contributed by atoms with Gasteiger partial charge in [-0.25, -0.2) is 4.57 Å². The highest BCUT2D eigenvalue weighted by Crippen LogP contribution is 2.47. The molecule has 0 saturated heterocycles. The van der Waals surface area contributed by atoms with Crippen LogP contribution in [0.1, 0.15) is 206 Å². The molecular weight excluding hydrogens is 900 g/mol. The molecule has 69 heavy (non-hydrogen) atoms. The van der Waals surface area contributed by atoms with Crippen LogP contribution in [-0.2, 0) is 32.7 Å². The van der Waals surface area contributed by atoms with Crippen LogP contribution in [0.3, 0.4) is 0 Å². The van der Waals surface area contributed by atoms with Crippen molar-refractivity contribution in [2.24, 2.45) is 0 Å². The van der Waals surface area contributed by atoms with E-state index in [-0.39, 0.29) is 12.8 Å². The summed E-state index contributed by atoms with van der Waals surface area (Å²) in [5.41, 5.74) is 0. The van der Waals surface area contributed by atoms with Gasteiger partial charge in [0.15, 0.2) is 6.10 Å². The van der Waals surface area contributed by atoms with Crippen molar-refractivity contribution in [3.63, 3.8) is 0 Å². The van der Waals surface area contributed by atoms with Crippen LogP contribution in [0, 0.1) is 0 Å². The summed E-state index contributed by atoms with van der Waals surface area (Å²) in [7, 11) is -5.14. The molecule has 6 N–H and O–H groups in total. The molecule has 0 bridgehead atoms. The van der Waals surface area contributed by atoms with Crippen LogP contribution in [0.15, 0.2) is 72.9 Å². The molecule has 0 spiro atoms. The van der Waals surface area contributed by atoms with Gasteiger partial charge in [-0.3, -0.25) is 18.6 Å². The molecule has 1 aliphatic rings.